The van der Waals surface area contributed by atoms with Crippen LogP contribution in [-0.2, 0) is 0 Å². The van der Waals surface area contributed by atoms with Crippen LogP contribution in [0, 0.1) is 15.5 Å². The molecule has 3 aromatic carbocycles. The monoisotopic (exact) mass is 440 g/mol. The van der Waals surface area contributed by atoms with Crippen LogP contribution in [0.25, 0.3) is 27.8 Å². The lowest BCUT2D eigenvalue weighted by Crippen LogP contribution is -2.15. The highest BCUT2D eigenvalue weighted by Crippen LogP contribution is 2.30. The van der Waals surface area contributed by atoms with Gasteiger partial charge >= 0.3 is 0 Å². The first-order chi connectivity index (χ1) is 15.9. The fraction of sp³-hybridized carbons (Fsp3) is 0. The molecule has 0 amide bonds. The van der Waals surface area contributed by atoms with E-state index in [0.717, 1.165) is 0 Å². The quantitative estimate of drug-likeness (QED) is 0.163. The molecule has 0 unspecified atom stereocenters. The van der Waals surface area contributed by atoms with Gasteiger partial charge in [0.2, 0.25) is 0 Å². The molecule has 0 aliphatic heterocycles. The molecule has 0 spiro atoms. The summed E-state index contributed by atoms with van der Waals surface area (Å²) in [6, 6.07) is 20.4. The summed E-state index contributed by atoms with van der Waals surface area (Å²) in [4.78, 5) is 25.9. The van der Waals surface area contributed by atoms with Gasteiger partial charge in [-0.05, 0) is 42.5 Å². The number of nitrogen functional groups attached to an aromatic ring is 1. The Morgan fingerprint density at radius 2 is 1.76 bits per heavy atom. The van der Waals surface area contributed by atoms with E-state index in [4.69, 9.17) is 15.9 Å². The van der Waals surface area contributed by atoms with Crippen LogP contribution in [0.5, 0.6) is 11.5 Å². The van der Waals surface area contributed by atoms with E-state index in [-0.39, 0.29) is 28.1 Å². The summed E-state index contributed by atoms with van der Waals surface area (Å²) in [5.41, 5.74) is 6.98. The Labute approximate surface area is 185 Å². The predicted molar refractivity (Wildman–Crippen MR) is 123 cm³/mol. The number of nitro groups is 1. The number of non-ortho nitro benzene ring substituents is 1. The molecule has 2 heterocycles. The Balaban J connectivity index is 1.65. The number of hydrogen-bond donors (Lipinski definition) is 3. The van der Waals surface area contributed by atoms with Crippen molar-refractivity contribution in [1.29, 1.82) is 5.41 Å². The van der Waals surface area contributed by atoms with E-state index in [0.29, 0.717) is 28.3 Å². The van der Waals surface area contributed by atoms with E-state index in [9.17, 15) is 14.9 Å². The van der Waals surface area contributed by atoms with E-state index in [1.807, 2.05) is 30.3 Å². The fourth-order valence-electron chi connectivity index (χ4n) is 3.65. The molecule has 0 atom stereocenters. The van der Waals surface area contributed by atoms with E-state index < -0.39 is 10.5 Å². The van der Waals surface area contributed by atoms with Gasteiger partial charge in [-0.1, -0.05) is 18.2 Å². The molecule has 0 saturated carbocycles. The number of nitrogens with zero attached hydrogens (tertiary/aromatic N) is 3. The summed E-state index contributed by atoms with van der Waals surface area (Å²) in [5.74, 6) is 1.03. The van der Waals surface area contributed by atoms with Gasteiger partial charge in [-0.25, -0.2) is 4.52 Å². The molecule has 162 valence electrons. The zero-order valence-corrected chi connectivity index (χ0v) is 17.0. The van der Waals surface area contributed by atoms with Crippen molar-refractivity contribution in [3.63, 3.8) is 0 Å². The summed E-state index contributed by atoms with van der Waals surface area (Å²) in [6.07, 6.45) is 0. The molecule has 0 fully saturated rings. The Morgan fingerprint density at radius 3 is 2.42 bits per heavy atom. The Bertz CT molecular complexity index is 1600. The summed E-state index contributed by atoms with van der Waals surface area (Å²) in [6.45, 7) is 0. The van der Waals surface area contributed by atoms with Crippen molar-refractivity contribution >= 4 is 28.1 Å². The van der Waals surface area contributed by atoms with Crippen molar-refractivity contribution < 1.29 is 9.66 Å². The Hall–Kier alpha value is -4.99. The van der Waals surface area contributed by atoms with Gasteiger partial charge in [0, 0.05) is 17.7 Å². The molecule has 10 heteroatoms. The van der Waals surface area contributed by atoms with Crippen LogP contribution in [-0.4, -0.2) is 25.4 Å². The van der Waals surface area contributed by atoms with Gasteiger partial charge in [0.25, 0.3) is 11.2 Å². The highest BCUT2D eigenvalue weighted by atomic mass is 16.6. The van der Waals surface area contributed by atoms with E-state index in [2.05, 4.69) is 10.1 Å². The zero-order valence-electron chi connectivity index (χ0n) is 17.0. The first-order valence-corrected chi connectivity index (χ1v) is 9.83. The van der Waals surface area contributed by atoms with Crippen LogP contribution >= 0.6 is 0 Å². The molecule has 0 radical (unpaired) electrons. The van der Waals surface area contributed by atoms with Gasteiger partial charge in [0.1, 0.15) is 28.7 Å². The van der Waals surface area contributed by atoms with Gasteiger partial charge in [-0.15, -0.1) is 0 Å². The van der Waals surface area contributed by atoms with Gasteiger partial charge in [-0.3, -0.25) is 20.3 Å². The number of H-pyrrole nitrogens is 1. The van der Waals surface area contributed by atoms with Crippen molar-refractivity contribution in [2.24, 2.45) is 5.73 Å². The van der Waals surface area contributed by atoms with E-state index in [1.165, 1.54) is 22.7 Å². The van der Waals surface area contributed by atoms with Crippen LogP contribution in [0.1, 0.15) is 5.56 Å². The maximum absolute atomic E-state index is 12.7. The first kappa shape index (κ1) is 19.9. The molecule has 5 aromatic rings. The summed E-state index contributed by atoms with van der Waals surface area (Å²) in [7, 11) is 0. The number of aromatic amines is 1. The number of nitrogens with one attached hydrogen (secondary N) is 2. The van der Waals surface area contributed by atoms with Crippen LogP contribution < -0.4 is 16.0 Å². The molecule has 5 rings (SSSR count). The average molecular weight is 440 g/mol. The molecule has 4 N–H and O–H groups in total. The molecule has 10 nitrogen and oxygen atoms in total. The lowest BCUT2D eigenvalue weighted by Gasteiger charge is -2.06. The van der Waals surface area contributed by atoms with Crippen molar-refractivity contribution in [3.8, 4) is 22.8 Å². The van der Waals surface area contributed by atoms with Crippen LogP contribution in [0.15, 0.2) is 77.6 Å². The van der Waals surface area contributed by atoms with Crippen LogP contribution in [0.4, 0.5) is 5.69 Å². The Kier molecular flexibility index (Phi) is 4.60. The van der Waals surface area contributed by atoms with Crippen LogP contribution in [0.2, 0.25) is 0 Å². The number of para-hydroxylation sites is 1. The summed E-state index contributed by atoms with van der Waals surface area (Å²) in [5, 5.41) is 23.9. The summed E-state index contributed by atoms with van der Waals surface area (Å²) < 4.78 is 7.25. The highest BCUT2D eigenvalue weighted by molar-refractivity contribution is 6.07. The minimum Gasteiger partial charge on any atom is -0.457 e. The second-order valence-electron chi connectivity index (χ2n) is 7.25. The largest absolute Gasteiger partial charge is 0.457 e. The smallest absolute Gasteiger partial charge is 0.270 e. The molecule has 0 aliphatic rings. The van der Waals surface area contributed by atoms with Crippen LogP contribution in [0.3, 0.4) is 0 Å². The van der Waals surface area contributed by atoms with Gasteiger partial charge in [0.15, 0.2) is 0 Å². The number of nitrogens with two attached hydrogens (primary N) is 1. The molecular weight excluding hydrogens is 424 g/mol. The van der Waals surface area contributed by atoms with Crippen molar-refractivity contribution in [2.45, 2.75) is 0 Å². The first-order valence-electron chi connectivity index (χ1n) is 9.83. The molecule has 0 bridgehead atoms. The number of aromatic nitrogens is 3. The van der Waals surface area contributed by atoms with Gasteiger partial charge in [-0.2, -0.15) is 5.10 Å². The number of benzene rings is 3. The maximum Gasteiger partial charge on any atom is 0.270 e. The van der Waals surface area contributed by atoms with E-state index >= 15 is 0 Å². The fourth-order valence-corrected chi connectivity index (χ4v) is 3.65. The molecular formula is C23H16N6O4. The van der Waals surface area contributed by atoms with Crippen molar-refractivity contribution in [3.05, 3.63) is 98.8 Å². The number of ether oxygens (including phenoxy) is 1. The molecule has 33 heavy (non-hydrogen) atoms. The number of amidine groups is 1. The Morgan fingerprint density at radius 1 is 1.06 bits per heavy atom. The van der Waals surface area contributed by atoms with Crippen molar-refractivity contribution in [2.75, 3.05) is 0 Å². The third-order valence-electron chi connectivity index (χ3n) is 5.16. The second-order valence-corrected chi connectivity index (χ2v) is 7.25. The predicted octanol–water partition coefficient (Wildman–Crippen LogP) is 3.83. The maximum atomic E-state index is 12.7. The van der Waals surface area contributed by atoms with Gasteiger partial charge in [0.05, 0.1) is 21.4 Å². The van der Waals surface area contributed by atoms with Gasteiger partial charge < -0.3 is 15.5 Å². The average Bonchev–Trinajstić information content (AvgIpc) is 3.20. The number of rotatable bonds is 5. The topological polar surface area (TPSA) is 152 Å². The number of hydrogen-bond acceptors (Lipinski definition) is 6. The zero-order chi connectivity index (χ0) is 23.1. The normalized spacial score (nSPS) is 11.0. The lowest BCUT2D eigenvalue weighted by molar-refractivity contribution is -0.384. The number of fused-ring (bicyclic) bond motifs is 3. The minimum atomic E-state index is -0.572. The standard InChI is InChI=1S/C23H16N6O4/c24-21(25)19-20(13-6-9-16(10-7-13)33-15-4-2-1-3-5-15)27-28-18-11-8-14(29(31)32)12-17(18)23(30)26-22(19)28/h1-12H,(H3,24,25)(H,26,30). The molecule has 0 aliphatic carbocycles. The van der Waals surface area contributed by atoms with Crippen molar-refractivity contribution in [1.82, 2.24) is 14.6 Å². The number of nitro benzene ring substituents is 1. The third kappa shape index (κ3) is 3.45. The SMILES string of the molecule is N=C(N)c1c(-c2ccc(Oc3ccccc3)cc2)nn2c1[nH]c(=O)c1cc([N+](=O)[O-])ccc12. The third-order valence-corrected chi connectivity index (χ3v) is 5.16. The molecule has 0 saturated heterocycles. The summed E-state index contributed by atoms with van der Waals surface area (Å²) >= 11 is 0. The second kappa shape index (κ2) is 7.61. The highest BCUT2D eigenvalue weighted by Gasteiger charge is 2.21. The lowest BCUT2D eigenvalue weighted by atomic mass is 10.1. The minimum absolute atomic E-state index is 0.104. The molecule has 2 aromatic heterocycles. The van der Waals surface area contributed by atoms with E-state index in [1.54, 1.807) is 24.3 Å².